The van der Waals surface area contributed by atoms with E-state index in [4.69, 9.17) is 4.74 Å². The van der Waals surface area contributed by atoms with Crippen LogP contribution in [0.15, 0.2) is 30.3 Å². The predicted molar refractivity (Wildman–Crippen MR) is 102 cm³/mol. The normalized spacial score (nSPS) is 26.3. The molecule has 2 amide bonds. The Hall–Kier alpha value is -1.92. The first-order valence-electron chi connectivity index (χ1n) is 10.1. The first-order chi connectivity index (χ1) is 13.2. The molecule has 27 heavy (non-hydrogen) atoms. The summed E-state index contributed by atoms with van der Waals surface area (Å²) < 4.78 is 6.00. The van der Waals surface area contributed by atoms with Crippen molar-refractivity contribution in [3.05, 3.63) is 35.9 Å². The van der Waals surface area contributed by atoms with Gasteiger partial charge in [-0.3, -0.25) is 9.59 Å². The largest absolute Gasteiger partial charge is 0.373 e. The highest BCUT2D eigenvalue weighted by Gasteiger charge is 2.35. The number of hydrogen-bond acceptors (Lipinski definition) is 4. The molecule has 4 rings (SSSR count). The Morgan fingerprint density at radius 3 is 2.59 bits per heavy atom. The number of nitrogens with one attached hydrogen (secondary N) is 1. The highest BCUT2D eigenvalue weighted by atomic mass is 16.5. The van der Waals surface area contributed by atoms with Crippen molar-refractivity contribution in [1.82, 2.24) is 15.1 Å². The van der Waals surface area contributed by atoms with E-state index in [1.807, 2.05) is 23.1 Å². The quantitative estimate of drug-likeness (QED) is 0.853. The van der Waals surface area contributed by atoms with Gasteiger partial charge in [-0.1, -0.05) is 30.3 Å². The van der Waals surface area contributed by atoms with Gasteiger partial charge >= 0.3 is 0 Å². The zero-order chi connectivity index (χ0) is 18.6. The molecule has 0 unspecified atom stereocenters. The number of carbonyl (C=O) groups excluding carboxylic acids is 2. The number of hydrogen-bond donors (Lipinski definition) is 1. The molecule has 6 nitrogen and oxygen atoms in total. The number of amides is 2. The molecule has 3 aliphatic heterocycles. The van der Waals surface area contributed by atoms with Crippen molar-refractivity contribution in [2.45, 2.75) is 56.9 Å². The molecule has 146 valence electrons. The first kappa shape index (κ1) is 18.4. The van der Waals surface area contributed by atoms with E-state index in [1.165, 1.54) is 5.56 Å². The minimum absolute atomic E-state index is 0.0719. The Balaban J connectivity index is 1.22. The zero-order valence-corrected chi connectivity index (χ0v) is 15.8. The highest BCUT2D eigenvalue weighted by molar-refractivity contribution is 5.85. The van der Waals surface area contributed by atoms with Crippen molar-refractivity contribution < 1.29 is 14.3 Å². The maximum atomic E-state index is 12.7. The van der Waals surface area contributed by atoms with Gasteiger partial charge in [-0.25, -0.2) is 0 Å². The molecule has 0 saturated carbocycles. The van der Waals surface area contributed by atoms with Crippen molar-refractivity contribution >= 4 is 11.8 Å². The van der Waals surface area contributed by atoms with Gasteiger partial charge in [0.25, 0.3) is 0 Å². The van der Waals surface area contributed by atoms with Gasteiger partial charge in [-0.05, 0) is 31.2 Å². The number of nitrogens with zero attached hydrogens (tertiary/aromatic N) is 2. The fraction of sp³-hybridized carbons (Fsp3) is 0.619. The predicted octanol–water partition coefficient (Wildman–Crippen LogP) is 1.55. The molecule has 0 aromatic heterocycles. The summed E-state index contributed by atoms with van der Waals surface area (Å²) in [5, 5.41) is 3.50. The van der Waals surface area contributed by atoms with Crippen molar-refractivity contribution in [3.63, 3.8) is 0 Å². The van der Waals surface area contributed by atoms with Crippen LogP contribution in [0.25, 0.3) is 0 Å². The van der Waals surface area contributed by atoms with E-state index in [-0.39, 0.29) is 24.5 Å². The van der Waals surface area contributed by atoms with E-state index in [9.17, 15) is 9.59 Å². The van der Waals surface area contributed by atoms with Crippen LogP contribution in [0.1, 0.15) is 37.7 Å². The van der Waals surface area contributed by atoms with Gasteiger partial charge in [0.05, 0.1) is 19.3 Å². The van der Waals surface area contributed by atoms with Crippen LogP contribution in [0.3, 0.4) is 0 Å². The Morgan fingerprint density at radius 1 is 1.07 bits per heavy atom. The molecule has 3 aliphatic rings. The maximum Gasteiger partial charge on any atom is 0.242 e. The summed E-state index contributed by atoms with van der Waals surface area (Å²) >= 11 is 0. The minimum atomic E-state index is 0.0719. The van der Waals surface area contributed by atoms with Crippen LogP contribution >= 0.6 is 0 Å². The third kappa shape index (κ3) is 4.68. The van der Waals surface area contributed by atoms with Crippen molar-refractivity contribution in [1.29, 1.82) is 0 Å². The molecule has 1 N–H and O–H groups in total. The molecule has 1 aromatic carbocycles. The van der Waals surface area contributed by atoms with Crippen LogP contribution in [-0.2, 0) is 20.9 Å². The smallest absolute Gasteiger partial charge is 0.242 e. The molecule has 1 aromatic rings. The van der Waals surface area contributed by atoms with E-state index in [0.29, 0.717) is 44.7 Å². The fourth-order valence-corrected chi connectivity index (χ4v) is 4.39. The third-order valence-corrected chi connectivity index (χ3v) is 6.00. The van der Waals surface area contributed by atoms with Gasteiger partial charge in [-0.2, -0.15) is 0 Å². The molecule has 3 fully saturated rings. The van der Waals surface area contributed by atoms with Crippen LogP contribution in [0.2, 0.25) is 0 Å². The second-order valence-electron chi connectivity index (χ2n) is 7.99. The van der Waals surface area contributed by atoms with Crippen LogP contribution < -0.4 is 5.32 Å². The molecule has 0 aliphatic carbocycles. The monoisotopic (exact) mass is 371 g/mol. The molecule has 3 saturated heterocycles. The Kier molecular flexibility index (Phi) is 5.74. The summed E-state index contributed by atoms with van der Waals surface area (Å²) in [6.07, 6.45) is 4.63. The Bertz CT molecular complexity index is 658. The van der Waals surface area contributed by atoms with E-state index >= 15 is 0 Å². The molecule has 2 bridgehead atoms. The van der Waals surface area contributed by atoms with Crippen molar-refractivity contribution in [2.75, 3.05) is 26.2 Å². The van der Waals surface area contributed by atoms with Gasteiger partial charge < -0.3 is 19.9 Å². The lowest BCUT2D eigenvalue weighted by Crippen LogP contribution is -2.48. The lowest BCUT2D eigenvalue weighted by Gasteiger charge is -2.34. The maximum absolute atomic E-state index is 12.7. The second kappa shape index (κ2) is 8.40. The van der Waals surface area contributed by atoms with Crippen molar-refractivity contribution in [3.8, 4) is 0 Å². The number of fused-ring (bicyclic) bond motifs is 2. The molecule has 2 atom stereocenters. The molecule has 3 heterocycles. The lowest BCUT2D eigenvalue weighted by atomic mass is 10.1. The molecular weight excluding hydrogens is 342 g/mol. The van der Waals surface area contributed by atoms with Gasteiger partial charge in [0.1, 0.15) is 0 Å². The molecule has 0 spiro atoms. The number of ether oxygens (including phenoxy) is 1. The van der Waals surface area contributed by atoms with Crippen LogP contribution in [0.5, 0.6) is 0 Å². The van der Waals surface area contributed by atoms with Crippen LogP contribution in [0, 0.1) is 0 Å². The zero-order valence-electron chi connectivity index (χ0n) is 15.8. The average Bonchev–Trinajstić information content (AvgIpc) is 3.07. The fourth-order valence-electron chi connectivity index (χ4n) is 4.39. The van der Waals surface area contributed by atoms with E-state index < -0.39 is 0 Å². The number of carbonyl (C=O) groups is 2. The summed E-state index contributed by atoms with van der Waals surface area (Å²) in [5.74, 6) is 0.187. The van der Waals surface area contributed by atoms with Crippen LogP contribution in [-0.4, -0.2) is 66.0 Å². The van der Waals surface area contributed by atoms with E-state index in [1.54, 1.807) is 4.90 Å². The van der Waals surface area contributed by atoms with E-state index in [0.717, 1.165) is 25.7 Å². The highest BCUT2D eigenvalue weighted by Crippen LogP contribution is 2.22. The van der Waals surface area contributed by atoms with Gasteiger partial charge in [-0.15, -0.1) is 0 Å². The lowest BCUT2D eigenvalue weighted by molar-refractivity contribution is -0.142. The van der Waals surface area contributed by atoms with E-state index in [2.05, 4.69) is 17.4 Å². The average molecular weight is 371 g/mol. The van der Waals surface area contributed by atoms with Gasteiger partial charge in [0, 0.05) is 38.1 Å². The SMILES string of the molecule is O=C(CN1C[C@H]2CC[C@@H](CC1=O)N2)N1CCC(OCc2ccccc2)CC1. The second-order valence-corrected chi connectivity index (χ2v) is 7.99. The standard InChI is InChI=1S/C21H29N3O3/c25-20-12-17-6-7-18(22-17)13-24(20)14-21(26)23-10-8-19(9-11-23)27-15-16-4-2-1-3-5-16/h1-5,17-19,22H,6-15H2/t17-,18+/m0/s1. The first-order valence-corrected chi connectivity index (χ1v) is 10.1. The molecule has 6 heteroatoms. The summed E-state index contributed by atoms with van der Waals surface area (Å²) in [6, 6.07) is 10.8. The number of rotatable bonds is 5. The third-order valence-electron chi connectivity index (χ3n) is 6.00. The van der Waals surface area contributed by atoms with Gasteiger partial charge in [0.2, 0.25) is 11.8 Å². The molecular formula is C21H29N3O3. The summed E-state index contributed by atoms with van der Waals surface area (Å²) in [6.45, 7) is 2.93. The van der Waals surface area contributed by atoms with Crippen LogP contribution in [0.4, 0.5) is 0 Å². The Morgan fingerprint density at radius 2 is 1.81 bits per heavy atom. The summed E-state index contributed by atoms with van der Waals surface area (Å²) in [5.41, 5.74) is 1.18. The summed E-state index contributed by atoms with van der Waals surface area (Å²) in [7, 11) is 0. The van der Waals surface area contributed by atoms with Crippen molar-refractivity contribution in [2.24, 2.45) is 0 Å². The Labute approximate surface area is 160 Å². The number of benzene rings is 1. The minimum Gasteiger partial charge on any atom is -0.373 e. The number of piperidine rings is 1. The van der Waals surface area contributed by atoms with Gasteiger partial charge in [0.15, 0.2) is 0 Å². The molecule has 0 radical (unpaired) electrons. The number of likely N-dealkylation sites (tertiary alicyclic amines) is 2. The topological polar surface area (TPSA) is 61.9 Å². The summed E-state index contributed by atoms with van der Waals surface area (Å²) in [4.78, 5) is 28.7.